The Kier molecular flexibility index (Phi) is 5.99. The molecule has 0 saturated carbocycles. The Morgan fingerprint density at radius 1 is 0.846 bits per heavy atom. The third-order valence-electron chi connectivity index (χ3n) is 3.99. The summed E-state index contributed by atoms with van der Waals surface area (Å²) in [4.78, 5) is 10.8. The Hall–Kier alpha value is -3.14. The summed E-state index contributed by atoms with van der Waals surface area (Å²) in [7, 11) is 0. The normalized spacial score (nSPS) is 10.0. The van der Waals surface area contributed by atoms with Gasteiger partial charge in [0.05, 0.1) is 6.54 Å². The zero-order chi connectivity index (χ0) is 18.2. The average Bonchev–Trinajstić information content (AvgIpc) is 2.72. The van der Waals surface area contributed by atoms with Gasteiger partial charge in [-0.2, -0.15) is 0 Å². The molecule has 0 spiro atoms. The molecule has 0 atom stereocenters. The Bertz CT molecular complexity index is 1060. The minimum absolute atomic E-state index is 0.387. The third kappa shape index (κ3) is 4.09. The zero-order valence-corrected chi connectivity index (χ0v) is 14.7. The smallest absolute Gasteiger partial charge is 0.0517 e. The highest BCUT2D eigenvalue weighted by Crippen LogP contribution is 2.19. The summed E-state index contributed by atoms with van der Waals surface area (Å²) in [6.07, 6.45) is 7.18. The molecule has 5 nitrogen and oxygen atoms in total. The first-order valence-electron chi connectivity index (χ1n) is 8.03. The molecule has 0 aliphatic rings. The molecule has 0 N–H and O–H groups in total. The molecule has 0 fully saturated rings. The van der Waals surface area contributed by atoms with E-state index in [-0.39, 0.29) is 0 Å². The number of nitrogens with zero attached hydrogens (tertiary/aromatic N) is 5. The van der Waals surface area contributed by atoms with Crippen LogP contribution in [-0.2, 0) is 12.4 Å². The van der Waals surface area contributed by atoms with Crippen LogP contribution in [0.5, 0.6) is 0 Å². The van der Waals surface area contributed by atoms with Gasteiger partial charge in [0, 0.05) is 46.4 Å². The van der Waals surface area contributed by atoms with E-state index in [0.29, 0.717) is 12.4 Å². The van der Waals surface area contributed by atoms with Gasteiger partial charge >= 0.3 is 0 Å². The Morgan fingerprint density at radius 2 is 1.42 bits per heavy atom. The van der Waals surface area contributed by atoms with Gasteiger partial charge in [-0.25, -0.2) is 0 Å². The molecule has 26 heavy (non-hydrogen) atoms. The van der Waals surface area contributed by atoms with Crippen LogP contribution >= 0.6 is 11.6 Å². The molecule has 128 valence electrons. The number of aromatic nitrogens is 2. The van der Waals surface area contributed by atoms with Crippen molar-refractivity contribution >= 4 is 33.1 Å². The summed E-state index contributed by atoms with van der Waals surface area (Å²) in [5.41, 5.74) is 10.4. The van der Waals surface area contributed by atoms with Crippen molar-refractivity contribution < 1.29 is 0 Å². The number of benzene rings is 2. The number of alkyl halides is 1. The zero-order valence-electron chi connectivity index (χ0n) is 14.0. The number of hydrogen-bond acceptors (Lipinski definition) is 3. The predicted molar refractivity (Wildman–Crippen MR) is 106 cm³/mol. The number of rotatable bonds is 3. The lowest BCUT2D eigenvalue weighted by Gasteiger charge is -2.01. The highest BCUT2D eigenvalue weighted by molar-refractivity contribution is 6.18. The molecule has 0 aliphatic heterocycles. The first kappa shape index (κ1) is 17.7. The van der Waals surface area contributed by atoms with E-state index in [4.69, 9.17) is 17.1 Å². The summed E-state index contributed by atoms with van der Waals surface area (Å²) in [6.45, 7) is 0.387. The van der Waals surface area contributed by atoms with Crippen molar-refractivity contribution in [3.05, 3.63) is 94.9 Å². The maximum Gasteiger partial charge on any atom is 0.0517 e. The lowest BCUT2D eigenvalue weighted by atomic mass is 10.1. The van der Waals surface area contributed by atoms with Crippen LogP contribution in [0.25, 0.3) is 32.0 Å². The molecular weight excluding hydrogens is 346 g/mol. The second-order valence-electron chi connectivity index (χ2n) is 5.55. The Morgan fingerprint density at radius 3 is 2.00 bits per heavy atom. The lowest BCUT2D eigenvalue weighted by Crippen LogP contribution is -1.84. The Labute approximate surface area is 155 Å². The fourth-order valence-electron chi connectivity index (χ4n) is 2.74. The summed E-state index contributed by atoms with van der Waals surface area (Å²) < 4.78 is 0. The molecule has 6 heteroatoms. The maximum absolute atomic E-state index is 8.25. The summed E-state index contributed by atoms with van der Waals surface area (Å²) in [5, 5.41) is 8.06. The minimum Gasteiger partial charge on any atom is -0.264 e. The van der Waals surface area contributed by atoms with E-state index >= 15 is 0 Å². The van der Waals surface area contributed by atoms with Crippen LogP contribution in [0.2, 0.25) is 0 Å². The average molecular weight is 362 g/mol. The largest absolute Gasteiger partial charge is 0.264 e. The second kappa shape index (κ2) is 8.81. The van der Waals surface area contributed by atoms with Crippen LogP contribution in [0, 0.1) is 0 Å². The van der Waals surface area contributed by atoms with Gasteiger partial charge in [-0.05, 0) is 39.6 Å². The maximum atomic E-state index is 8.25. The van der Waals surface area contributed by atoms with Crippen molar-refractivity contribution in [2.45, 2.75) is 12.4 Å². The van der Waals surface area contributed by atoms with Gasteiger partial charge in [-0.1, -0.05) is 41.5 Å². The van der Waals surface area contributed by atoms with Gasteiger partial charge in [0.2, 0.25) is 0 Å². The molecule has 0 saturated heterocycles. The van der Waals surface area contributed by atoms with E-state index in [1.54, 1.807) is 18.6 Å². The first-order chi connectivity index (χ1) is 12.8. The molecular formula is C20H16ClN5. The number of halogens is 1. The van der Waals surface area contributed by atoms with Crippen molar-refractivity contribution in [2.75, 3.05) is 0 Å². The lowest BCUT2D eigenvalue weighted by molar-refractivity contribution is 1.06. The van der Waals surface area contributed by atoms with Crippen molar-refractivity contribution in [2.24, 2.45) is 5.11 Å². The van der Waals surface area contributed by atoms with E-state index in [2.05, 4.69) is 20.0 Å². The number of azide groups is 1. The predicted octanol–water partition coefficient (Wildman–Crippen LogP) is 6.02. The summed E-state index contributed by atoms with van der Waals surface area (Å²) >= 11 is 5.79. The Balaban J connectivity index is 0.000000152. The number of fused-ring (bicyclic) bond motifs is 2. The van der Waals surface area contributed by atoms with Gasteiger partial charge in [0.1, 0.15) is 0 Å². The van der Waals surface area contributed by atoms with Crippen molar-refractivity contribution in [3.63, 3.8) is 0 Å². The molecule has 0 radical (unpaired) electrons. The van der Waals surface area contributed by atoms with Gasteiger partial charge < -0.3 is 0 Å². The van der Waals surface area contributed by atoms with Crippen LogP contribution in [0.1, 0.15) is 11.1 Å². The quantitative estimate of drug-likeness (QED) is 0.194. The number of hydrogen-bond donors (Lipinski definition) is 0. The minimum atomic E-state index is 0.387. The highest BCUT2D eigenvalue weighted by Gasteiger charge is 1.98. The highest BCUT2D eigenvalue weighted by atomic mass is 35.5. The van der Waals surface area contributed by atoms with Gasteiger partial charge in [-0.3, -0.25) is 9.97 Å². The standard InChI is InChI=1S/C10H8ClN.C10H8N4/c11-6-8-2-1-3-9-7-12-5-4-10(8)9;11-14-13-7-9-3-1-2-8-6-12-5-4-10(8)9/h1-5,7H,6H2;1-6H,7H2. The second-order valence-corrected chi connectivity index (χ2v) is 5.82. The van der Waals surface area contributed by atoms with E-state index in [0.717, 1.165) is 27.3 Å². The fraction of sp³-hybridized carbons (Fsp3) is 0.100. The topological polar surface area (TPSA) is 74.5 Å². The van der Waals surface area contributed by atoms with Crippen molar-refractivity contribution in [1.29, 1.82) is 0 Å². The van der Waals surface area contributed by atoms with Gasteiger partial charge in [0.25, 0.3) is 0 Å². The van der Waals surface area contributed by atoms with Crippen LogP contribution < -0.4 is 0 Å². The molecule has 2 aromatic heterocycles. The molecule has 0 amide bonds. The van der Waals surface area contributed by atoms with Crippen molar-refractivity contribution in [1.82, 2.24) is 9.97 Å². The van der Waals surface area contributed by atoms with E-state index in [9.17, 15) is 0 Å². The molecule has 0 unspecified atom stereocenters. The molecule has 2 aromatic carbocycles. The monoisotopic (exact) mass is 361 g/mol. The molecule has 0 bridgehead atoms. The van der Waals surface area contributed by atoms with Gasteiger partial charge in [-0.15, -0.1) is 11.6 Å². The van der Waals surface area contributed by atoms with Crippen LogP contribution in [0.4, 0.5) is 0 Å². The molecule has 4 aromatic rings. The van der Waals surface area contributed by atoms with Crippen molar-refractivity contribution in [3.8, 4) is 0 Å². The summed E-state index contributed by atoms with van der Waals surface area (Å²) in [5.74, 6) is 0.557. The third-order valence-corrected chi connectivity index (χ3v) is 4.28. The van der Waals surface area contributed by atoms with E-state index in [1.807, 2.05) is 54.7 Å². The fourth-order valence-corrected chi connectivity index (χ4v) is 2.97. The van der Waals surface area contributed by atoms with Crippen LogP contribution in [0.15, 0.2) is 78.4 Å². The van der Waals surface area contributed by atoms with Crippen LogP contribution in [0.3, 0.4) is 0 Å². The first-order valence-corrected chi connectivity index (χ1v) is 8.57. The van der Waals surface area contributed by atoms with E-state index < -0.39 is 0 Å². The van der Waals surface area contributed by atoms with E-state index in [1.165, 1.54) is 5.39 Å². The van der Waals surface area contributed by atoms with Crippen LogP contribution in [-0.4, -0.2) is 9.97 Å². The molecule has 4 rings (SSSR count). The van der Waals surface area contributed by atoms with Gasteiger partial charge in [0.15, 0.2) is 0 Å². The molecule has 0 aliphatic carbocycles. The summed E-state index contributed by atoms with van der Waals surface area (Å²) in [6, 6.07) is 15.9. The SMILES string of the molecule is ClCc1cccc2cnccc12.[N-]=[N+]=NCc1cccc2cnccc12. The number of pyridine rings is 2. The molecule has 2 heterocycles.